The van der Waals surface area contributed by atoms with E-state index in [0.717, 1.165) is 5.69 Å². The number of benzene rings is 1. The van der Waals surface area contributed by atoms with Crippen LogP contribution in [0.4, 0.5) is 5.69 Å². The summed E-state index contributed by atoms with van der Waals surface area (Å²) in [6.45, 7) is 3.09. The number of nitrogens with one attached hydrogen (secondary N) is 1. The van der Waals surface area contributed by atoms with Gasteiger partial charge in [-0.25, -0.2) is 0 Å². The fourth-order valence-corrected chi connectivity index (χ4v) is 0.725. The molecule has 0 radical (unpaired) electrons. The van der Waals surface area contributed by atoms with E-state index in [0.29, 0.717) is 0 Å². The van der Waals surface area contributed by atoms with Crippen molar-refractivity contribution in [1.29, 1.82) is 0 Å². The minimum atomic E-state index is -0.745. The quantitative estimate of drug-likeness (QED) is 0.784. The fourth-order valence-electron chi connectivity index (χ4n) is 0.725. The topological polar surface area (TPSA) is 66.4 Å². The van der Waals surface area contributed by atoms with Crippen LogP contribution in [0.15, 0.2) is 30.3 Å². The van der Waals surface area contributed by atoms with E-state index in [1.807, 2.05) is 30.3 Å². The molecular formula is C11H15NO3. The van der Waals surface area contributed by atoms with E-state index in [4.69, 9.17) is 5.11 Å². The number of amides is 1. The molecule has 0 aliphatic carbocycles. The van der Waals surface area contributed by atoms with Gasteiger partial charge in [-0.1, -0.05) is 25.1 Å². The largest absolute Gasteiger partial charge is 0.481 e. The Morgan fingerprint density at radius 1 is 1.27 bits per heavy atom. The van der Waals surface area contributed by atoms with Crippen LogP contribution in [-0.2, 0) is 9.59 Å². The van der Waals surface area contributed by atoms with Crippen molar-refractivity contribution < 1.29 is 14.7 Å². The number of hydrogen-bond donors (Lipinski definition) is 2. The van der Waals surface area contributed by atoms with Gasteiger partial charge in [-0.15, -0.1) is 0 Å². The van der Waals surface area contributed by atoms with Crippen molar-refractivity contribution in [3.63, 3.8) is 0 Å². The molecule has 0 spiro atoms. The molecule has 15 heavy (non-hydrogen) atoms. The number of carbonyl (C=O) groups excluding carboxylic acids is 1. The Morgan fingerprint density at radius 3 is 2.07 bits per heavy atom. The molecule has 1 aromatic carbocycles. The third kappa shape index (κ3) is 8.49. The van der Waals surface area contributed by atoms with Crippen LogP contribution in [0.3, 0.4) is 0 Å². The molecule has 0 unspecified atom stereocenters. The lowest BCUT2D eigenvalue weighted by molar-refractivity contribution is -0.136. The van der Waals surface area contributed by atoms with Crippen molar-refractivity contribution in [1.82, 2.24) is 0 Å². The van der Waals surface area contributed by atoms with Crippen LogP contribution in [0.2, 0.25) is 0 Å². The summed E-state index contributed by atoms with van der Waals surface area (Å²) in [4.78, 5) is 19.9. The number of carboxylic acids is 1. The van der Waals surface area contributed by atoms with Crippen molar-refractivity contribution in [2.24, 2.45) is 0 Å². The molecule has 0 aromatic heterocycles. The summed E-state index contributed by atoms with van der Waals surface area (Å²) in [5.41, 5.74) is 0.843. The van der Waals surface area contributed by atoms with Crippen molar-refractivity contribution >= 4 is 17.6 Å². The zero-order chi connectivity index (χ0) is 11.7. The highest BCUT2D eigenvalue weighted by molar-refractivity contribution is 5.88. The van der Waals surface area contributed by atoms with Gasteiger partial charge < -0.3 is 10.4 Å². The Labute approximate surface area is 88.9 Å². The van der Waals surface area contributed by atoms with E-state index >= 15 is 0 Å². The van der Waals surface area contributed by atoms with E-state index in [2.05, 4.69) is 5.32 Å². The first kappa shape index (κ1) is 13.2. The minimum absolute atomic E-state index is 0.0359. The molecule has 1 rings (SSSR count). The number of para-hydroxylation sites is 1. The Bertz CT molecular complexity index is 309. The average Bonchev–Trinajstić information content (AvgIpc) is 2.19. The van der Waals surface area contributed by atoms with Crippen LogP contribution in [0.1, 0.15) is 20.3 Å². The zero-order valence-corrected chi connectivity index (χ0v) is 8.86. The highest BCUT2D eigenvalue weighted by atomic mass is 16.4. The molecule has 0 aliphatic rings. The second-order valence-electron chi connectivity index (χ2n) is 2.79. The normalized spacial score (nSPS) is 8.40. The third-order valence-corrected chi connectivity index (χ3v) is 1.40. The molecule has 0 saturated heterocycles. The summed E-state index contributed by atoms with van der Waals surface area (Å²) in [7, 11) is 0. The summed E-state index contributed by atoms with van der Waals surface area (Å²) in [6, 6.07) is 9.37. The lowest BCUT2D eigenvalue weighted by atomic mass is 10.3. The van der Waals surface area contributed by atoms with Crippen LogP contribution in [0, 0.1) is 0 Å². The van der Waals surface area contributed by atoms with E-state index in [1.54, 1.807) is 6.92 Å². The van der Waals surface area contributed by atoms with Gasteiger partial charge in [0.05, 0.1) is 0 Å². The lowest BCUT2D eigenvalue weighted by Gasteiger charge is -1.98. The standard InChI is InChI=1S/C8H9NO.C3H6O2/c1-7(10)9-8-5-3-2-4-6-8;1-2-3(4)5/h2-6H,1H3,(H,9,10);2H2,1H3,(H,4,5). The maximum atomic E-state index is 10.5. The SMILES string of the molecule is CC(=O)Nc1ccccc1.CCC(=O)O. The van der Waals surface area contributed by atoms with Crippen LogP contribution in [-0.4, -0.2) is 17.0 Å². The molecule has 0 aliphatic heterocycles. The number of carboxylic acid groups (broad SMARTS) is 1. The Balaban J connectivity index is 0.000000336. The molecule has 4 heteroatoms. The molecule has 1 amide bonds. The minimum Gasteiger partial charge on any atom is -0.481 e. The third-order valence-electron chi connectivity index (χ3n) is 1.40. The number of aliphatic carboxylic acids is 1. The van der Waals surface area contributed by atoms with Crippen LogP contribution in [0.5, 0.6) is 0 Å². The molecule has 82 valence electrons. The highest BCUT2D eigenvalue weighted by Gasteiger charge is 1.90. The molecule has 0 atom stereocenters. The van der Waals surface area contributed by atoms with E-state index < -0.39 is 5.97 Å². The van der Waals surface area contributed by atoms with Gasteiger partial charge in [0.25, 0.3) is 0 Å². The van der Waals surface area contributed by atoms with E-state index in [-0.39, 0.29) is 12.3 Å². The van der Waals surface area contributed by atoms with Crippen molar-refractivity contribution in [3.05, 3.63) is 30.3 Å². The Morgan fingerprint density at radius 2 is 1.73 bits per heavy atom. The number of rotatable bonds is 2. The first-order chi connectivity index (χ1) is 7.06. The molecule has 0 heterocycles. The van der Waals surface area contributed by atoms with Gasteiger partial charge in [-0.3, -0.25) is 9.59 Å². The maximum absolute atomic E-state index is 10.5. The predicted molar refractivity (Wildman–Crippen MR) is 58.7 cm³/mol. The van der Waals surface area contributed by atoms with Crippen molar-refractivity contribution in [3.8, 4) is 0 Å². The Kier molecular flexibility index (Phi) is 6.63. The van der Waals surface area contributed by atoms with Crippen molar-refractivity contribution in [2.45, 2.75) is 20.3 Å². The molecule has 0 saturated carbocycles. The van der Waals surface area contributed by atoms with Crippen LogP contribution in [0.25, 0.3) is 0 Å². The molecule has 0 fully saturated rings. The van der Waals surface area contributed by atoms with Gasteiger partial charge in [0.2, 0.25) is 5.91 Å². The summed E-state index contributed by atoms with van der Waals surface area (Å²) in [5, 5.41) is 10.4. The number of carbonyl (C=O) groups is 2. The summed E-state index contributed by atoms with van der Waals surface area (Å²) >= 11 is 0. The summed E-state index contributed by atoms with van der Waals surface area (Å²) in [5.74, 6) is -0.781. The highest BCUT2D eigenvalue weighted by Crippen LogP contribution is 2.03. The van der Waals surface area contributed by atoms with E-state index in [9.17, 15) is 9.59 Å². The second-order valence-corrected chi connectivity index (χ2v) is 2.79. The second kappa shape index (κ2) is 7.55. The summed E-state index contributed by atoms with van der Waals surface area (Å²) in [6.07, 6.45) is 0.222. The maximum Gasteiger partial charge on any atom is 0.303 e. The lowest BCUT2D eigenvalue weighted by Crippen LogP contribution is -2.04. The average molecular weight is 209 g/mol. The fraction of sp³-hybridized carbons (Fsp3) is 0.273. The van der Waals surface area contributed by atoms with Gasteiger partial charge in [-0.05, 0) is 12.1 Å². The molecule has 2 N–H and O–H groups in total. The van der Waals surface area contributed by atoms with Crippen LogP contribution >= 0.6 is 0 Å². The number of anilines is 1. The monoisotopic (exact) mass is 209 g/mol. The van der Waals surface area contributed by atoms with Crippen molar-refractivity contribution in [2.75, 3.05) is 5.32 Å². The van der Waals surface area contributed by atoms with Gasteiger partial charge in [-0.2, -0.15) is 0 Å². The molecule has 4 nitrogen and oxygen atoms in total. The summed E-state index contributed by atoms with van der Waals surface area (Å²) < 4.78 is 0. The smallest absolute Gasteiger partial charge is 0.303 e. The first-order valence-electron chi connectivity index (χ1n) is 4.60. The predicted octanol–water partition coefficient (Wildman–Crippen LogP) is 2.13. The molecule has 0 bridgehead atoms. The van der Waals surface area contributed by atoms with Crippen LogP contribution < -0.4 is 5.32 Å². The Hall–Kier alpha value is -1.84. The van der Waals surface area contributed by atoms with Gasteiger partial charge >= 0.3 is 5.97 Å². The zero-order valence-electron chi connectivity index (χ0n) is 8.86. The van der Waals surface area contributed by atoms with Gasteiger partial charge in [0, 0.05) is 19.0 Å². The number of hydrogen-bond acceptors (Lipinski definition) is 2. The van der Waals surface area contributed by atoms with E-state index in [1.165, 1.54) is 6.92 Å². The van der Waals surface area contributed by atoms with Gasteiger partial charge in [0.15, 0.2) is 0 Å². The molecule has 1 aromatic rings. The first-order valence-corrected chi connectivity index (χ1v) is 4.60. The van der Waals surface area contributed by atoms with Gasteiger partial charge in [0.1, 0.15) is 0 Å². The molecular weight excluding hydrogens is 194 g/mol.